The zero-order chi connectivity index (χ0) is 24.7. The summed E-state index contributed by atoms with van der Waals surface area (Å²) in [5, 5.41) is 0.265. The van der Waals surface area contributed by atoms with E-state index in [0.29, 0.717) is 11.3 Å². The van der Waals surface area contributed by atoms with Crippen molar-refractivity contribution in [3.63, 3.8) is 0 Å². The van der Waals surface area contributed by atoms with Crippen LogP contribution in [0, 0.1) is 18.6 Å². The molecule has 1 aliphatic rings. The van der Waals surface area contributed by atoms with Gasteiger partial charge in [-0.3, -0.25) is 0 Å². The lowest BCUT2D eigenvalue weighted by molar-refractivity contribution is 0.400. The van der Waals surface area contributed by atoms with Crippen LogP contribution in [0.25, 0.3) is 11.0 Å². The maximum atomic E-state index is 15.1. The molecule has 4 heterocycles. The first-order valence-corrected chi connectivity index (χ1v) is 13.3. The zero-order valence-electron chi connectivity index (χ0n) is 19.4. The second kappa shape index (κ2) is 8.99. The summed E-state index contributed by atoms with van der Waals surface area (Å²) in [4.78, 5) is 15.2. The van der Waals surface area contributed by atoms with Crippen LogP contribution in [0.5, 0.6) is 0 Å². The standard InChI is InChI=1S/C25H25F2N5O2S/c1-16-3-6-23(28-13-16)31-9-7-18(8-10-31)32-14-21(27)24-22(29-15-30-25(24)32)11-17-4-5-19(12-20(17)26)35(2,33)34/h3-6,12-15,18H,7-11H2,1-2H3. The molecule has 0 radical (unpaired) electrons. The third kappa shape index (κ3) is 4.62. The molecule has 1 aliphatic heterocycles. The van der Waals surface area contributed by atoms with Gasteiger partial charge in [0.25, 0.3) is 0 Å². The predicted octanol–water partition coefficient (Wildman–Crippen LogP) is 4.25. The summed E-state index contributed by atoms with van der Waals surface area (Å²) in [6.45, 7) is 3.58. The highest BCUT2D eigenvalue weighted by atomic mass is 32.2. The molecule has 1 aromatic carbocycles. The van der Waals surface area contributed by atoms with Crippen molar-refractivity contribution in [2.24, 2.45) is 0 Å². The second-order valence-corrected chi connectivity index (χ2v) is 11.0. The number of fused-ring (bicyclic) bond motifs is 1. The van der Waals surface area contributed by atoms with Crippen LogP contribution in [0.15, 0.2) is 53.9 Å². The van der Waals surface area contributed by atoms with Crippen LogP contribution in [0.1, 0.15) is 35.7 Å². The Labute approximate surface area is 202 Å². The van der Waals surface area contributed by atoms with Crippen LogP contribution < -0.4 is 4.90 Å². The third-order valence-corrected chi connectivity index (χ3v) is 7.64. The van der Waals surface area contributed by atoms with E-state index in [9.17, 15) is 12.8 Å². The SMILES string of the molecule is Cc1ccc(N2CCC(n3cc(F)c4c(Cc5ccc(S(C)(=O)=O)cc5F)ncnc43)CC2)nc1. The predicted molar refractivity (Wildman–Crippen MR) is 129 cm³/mol. The number of benzene rings is 1. The molecule has 0 aliphatic carbocycles. The molecule has 0 N–H and O–H groups in total. The Morgan fingerprint density at radius 1 is 1.03 bits per heavy atom. The maximum absolute atomic E-state index is 15.1. The van der Waals surface area contributed by atoms with E-state index in [4.69, 9.17) is 0 Å². The highest BCUT2D eigenvalue weighted by Crippen LogP contribution is 2.32. The van der Waals surface area contributed by atoms with E-state index in [1.54, 1.807) is 0 Å². The van der Waals surface area contributed by atoms with Crippen molar-refractivity contribution in [1.82, 2.24) is 19.5 Å². The molecule has 10 heteroatoms. The smallest absolute Gasteiger partial charge is 0.175 e. The fourth-order valence-corrected chi connectivity index (χ4v) is 5.25. The highest BCUT2D eigenvalue weighted by molar-refractivity contribution is 7.90. The van der Waals surface area contributed by atoms with Gasteiger partial charge in [-0.25, -0.2) is 32.2 Å². The van der Waals surface area contributed by atoms with E-state index in [2.05, 4.69) is 19.9 Å². The molecule has 1 saturated heterocycles. The van der Waals surface area contributed by atoms with Crippen molar-refractivity contribution >= 4 is 26.7 Å². The Bertz CT molecular complexity index is 1490. The lowest BCUT2D eigenvalue weighted by Gasteiger charge is -2.33. The number of hydrogen-bond donors (Lipinski definition) is 0. The fourth-order valence-electron chi connectivity index (χ4n) is 4.61. The number of sulfone groups is 1. The van der Waals surface area contributed by atoms with Crippen molar-refractivity contribution in [2.75, 3.05) is 24.2 Å². The molecule has 182 valence electrons. The molecule has 0 unspecified atom stereocenters. The lowest BCUT2D eigenvalue weighted by atomic mass is 10.0. The normalized spacial score (nSPS) is 15.1. The van der Waals surface area contributed by atoms with Gasteiger partial charge in [0.05, 0.1) is 16.0 Å². The van der Waals surface area contributed by atoms with E-state index in [-0.39, 0.29) is 28.3 Å². The van der Waals surface area contributed by atoms with Gasteiger partial charge in [0.1, 0.15) is 23.6 Å². The Morgan fingerprint density at radius 3 is 2.46 bits per heavy atom. The van der Waals surface area contributed by atoms with Crippen molar-refractivity contribution in [3.05, 3.63) is 77.5 Å². The average Bonchev–Trinajstić information content (AvgIpc) is 3.18. The van der Waals surface area contributed by atoms with Crippen LogP contribution in [-0.2, 0) is 16.3 Å². The van der Waals surface area contributed by atoms with E-state index >= 15 is 4.39 Å². The molecule has 4 aromatic rings. The van der Waals surface area contributed by atoms with Crippen LogP contribution in [0.3, 0.4) is 0 Å². The van der Waals surface area contributed by atoms with Gasteiger partial charge >= 0.3 is 0 Å². The number of hydrogen-bond acceptors (Lipinski definition) is 6. The van der Waals surface area contributed by atoms with E-state index < -0.39 is 21.5 Å². The van der Waals surface area contributed by atoms with E-state index in [0.717, 1.165) is 49.6 Å². The number of halogens is 2. The molecule has 5 rings (SSSR count). The van der Waals surface area contributed by atoms with Gasteiger partial charge in [-0.05, 0) is 49.1 Å². The number of nitrogens with zero attached hydrogens (tertiary/aromatic N) is 5. The first-order valence-electron chi connectivity index (χ1n) is 11.4. The molecular weight excluding hydrogens is 472 g/mol. The molecule has 1 fully saturated rings. The summed E-state index contributed by atoms with van der Waals surface area (Å²) < 4.78 is 55.0. The minimum absolute atomic E-state index is 0.0212. The number of aromatic nitrogens is 4. The summed E-state index contributed by atoms with van der Waals surface area (Å²) in [5.74, 6) is -0.186. The molecule has 0 amide bonds. The molecule has 0 spiro atoms. The number of pyridine rings is 1. The van der Waals surface area contributed by atoms with Gasteiger partial charge < -0.3 is 9.47 Å². The summed E-state index contributed by atoms with van der Waals surface area (Å²) >= 11 is 0. The molecule has 0 bridgehead atoms. The first kappa shape index (κ1) is 23.3. The van der Waals surface area contributed by atoms with Crippen molar-refractivity contribution in [1.29, 1.82) is 0 Å². The van der Waals surface area contributed by atoms with Gasteiger partial charge in [0.15, 0.2) is 15.7 Å². The van der Waals surface area contributed by atoms with Crippen LogP contribution in [0.2, 0.25) is 0 Å². The van der Waals surface area contributed by atoms with Gasteiger partial charge in [0.2, 0.25) is 0 Å². The molecule has 0 saturated carbocycles. The molecular formula is C25H25F2N5O2S. The summed E-state index contributed by atoms with van der Waals surface area (Å²) in [7, 11) is -3.53. The highest BCUT2D eigenvalue weighted by Gasteiger charge is 2.25. The third-order valence-electron chi connectivity index (χ3n) is 6.53. The van der Waals surface area contributed by atoms with Crippen molar-refractivity contribution in [2.45, 2.75) is 37.1 Å². The Balaban J connectivity index is 1.40. The van der Waals surface area contributed by atoms with Gasteiger partial charge in [-0.1, -0.05) is 12.1 Å². The molecule has 7 nitrogen and oxygen atoms in total. The Morgan fingerprint density at radius 2 is 1.80 bits per heavy atom. The maximum Gasteiger partial charge on any atom is 0.175 e. The zero-order valence-corrected chi connectivity index (χ0v) is 20.3. The number of aryl methyl sites for hydroxylation is 1. The van der Waals surface area contributed by atoms with Crippen LogP contribution in [-0.4, -0.2) is 47.3 Å². The Hall–Kier alpha value is -3.40. The fraction of sp³-hybridized carbons (Fsp3) is 0.320. The lowest BCUT2D eigenvalue weighted by Crippen LogP contribution is -2.35. The van der Waals surface area contributed by atoms with Gasteiger partial charge in [0, 0.05) is 44.2 Å². The quantitative estimate of drug-likeness (QED) is 0.410. The van der Waals surface area contributed by atoms with Gasteiger partial charge in [-0.15, -0.1) is 0 Å². The van der Waals surface area contributed by atoms with Crippen LogP contribution >= 0.6 is 0 Å². The molecule has 3 aromatic heterocycles. The largest absolute Gasteiger partial charge is 0.356 e. The number of anilines is 1. The number of piperidine rings is 1. The molecule has 0 atom stereocenters. The van der Waals surface area contributed by atoms with Crippen molar-refractivity contribution < 1.29 is 17.2 Å². The molecule has 35 heavy (non-hydrogen) atoms. The summed E-state index contributed by atoms with van der Waals surface area (Å²) in [6, 6.07) is 7.87. The first-order chi connectivity index (χ1) is 16.7. The average molecular weight is 498 g/mol. The van der Waals surface area contributed by atoms with Gasteiger partial charge in [-0.2, -0.15) is 0 Å². The second-order valence-electron chi connectivity index (χ2n) is 9.02. The monoisotopic (exact) mass is 497 g/mol. The summed E-state index contributed by atoms with van der Waals surface area (Å²) in [6.07, 6.45) is 7.33. The van der Waals surface area contributed by atoms with Crippen molar-refractivity contribution in [3.8, 4) is 0 Å². The van der Waals surface area contributed by atoms with E-state index in [1.165, 1.54) is 24.7 Å². The Kier molecular flexibility index (Phi) is 6.00. The van der Waals surface area contributed by atoms with Crippen LogP contribution in [0.4, 0.5) is 14.6 Å². The summed E-state index contributed by atoms with van der Waals surface area (Å²) in [5.41, 5.74) is 2.19. The van der Waals surface area contributed by atoms with E-state index in [1.807, 2.05) is 29.8 Å². The minimum Gasteiger partial charge on any atom is -0.356 e. The topological polar surface area (TPSA) is 81.0 Å². The number of rotatable bonds is 5. The minimum atomic E-state index is -3.53.